The molecule has 1 heterocycles. The van der Waals surface area contributed by atoms with Crippen LogP contribution in [0.25, 0.3) is 0 Å². The van der Waals surface area contributed by atoms with Gasteiger partial charge in [0.05, 0.1) is 25.4 Å². The predicted octanol–water partition coefficient (Wildman–Crippen LogP) is 2.85. The zero-order valence-corrected chi connectivity index (χ0v) is 12.9. The maximum atomic E-state index is 12.5. The zero-order chi connectivity index (χ0) is 15.9. The molecule has 1 amide bonds. The fraction of sp³-hybridized carbons (Fsp3) is 0.412. The van der Waals surface area contributed by atoms with E-state index in [1.54, 1.807) is 19.2 Å². The molecule has 22 heavy (non-hydrogen) atoms. The molecule has 5 nitrogen and oxygen atoms in total. The first-order valence-corrected chi connectivity index (χ1v) is 7.39. The number of benzene rings is 1. The van der Waals surface area contributed by atoms with Gasteiger partial charge in [-0.1, -0.05) is 25.1 Å². The van der Waals surface area contributed by atoms with Gasteiger partial charge in [0.25, 0.3) is 5.91 Å². The number of hydrogen-bond donors (Lipinski definition) is 1. The number of methoxy groups -OCH3 is 1. The van der Waals surface area contributed by atoms with Crippen LogP contribution in [0, 0.1) is 11.3 Å². The van der Waals surface area contributed by atoms with Crippen LogP contribution in [0.5, 0.6) is 5.75 Å². The summed E-state index contributed by atoms with van der Waals surface area (Å²) in [5.74, 6) is 1.06. The Kier molecular flexibility index (Phi) is 5.42. The van der Waals surface area contributed by atoms with Gasteiger partial charge in [0, 0.05) is 12.0 Å². The van der Waals surface area contributed by atoms with Gasteiger partial charge in [0.15, 0.2) is 0 Å². The highest BCUT2D eigenvalue weighted by Crippen LogP contribution is 2.26. The van der Waals surface area contributed by atoms with Crippen LogP contribution in [0.1, 0.15) is 37.8 Å². The highest BCUT2D eigenvalue weighted by molar-refractivity contribution is 5.94. The molecule has 0 aliphatic carbocycles. The molecule has 0 spiro atoms. The van der Waals surface area contributed by atoms with Crippen molar-refractivity contribution >= 4 is 5.91 Å². The van der Waals surface area contributed by atoms with E-state index in [2.05, 4.69) is 11.4 Å². The van der Waals surface area contributed by atoms with Crippen molar-refractivity contribution in [1.82, 2.24) is 5.32 Å². The van der Waals surface area contributed by atoms with E-state index in [4.69, 9.17) is 9.47 Å². The van der Waals surface area contributed by atoms with Crippen LogP contribution in [-0.4, -0.2) is 19.6 Å². The first-order chi connectivity index (χ1) is 10.7. The molecule has 1 atom stereocenters. The van der Waals surface area contributed by atoms with Crippen molar-refractivity contribution in [2.75, 3.05) is 13.7 Å². The molecule has 1 aromatic carbocycles. The third-order valence-electron chi connectivity index (χ3n) is 3.63. The quantitative estimate of drug-likeness (QED) is 0.907. The summed E-state index contributed by atoms with van der Waals surface area (Å²) < 4.78 is 10.8. The van der Waals surface area contributed by atoms with Crippen molar-refractivity contribution in [3.8, 4) is 11.8 Å². The van der Waals surface area contributed by atoms with Crippen LogP contribution in [-0.2, 0) is 9.53 Å². The van der Waals surface area contributed by atoms with E-state index in [9.17, 15) is 10.1 Å². The number of hydrogen-bond acceptors (Lipinski definition) is 4. The first kappa shape index (κ1) is 15.9. The fourth-order valence-corrected chi connectivity index (χ4v) is 2.53. The van der Waals surface area contributed by atoms with Crippen LogP contribution >= 0.6 is 0 Å². The van der Waals surface area contributed by atoms with Crippen molar-refractivity contribution in [3.05, 3.63) is 41.2 Å². The van der Waals surface area contributed by atoms with Crippen molar-refractivity contribution in [2.24, 2.45) is 0 Å². The fourth-order valence-electron chi connectivity index (χ4n) is 2.53. The Labute approximate surface area is 130 Å². The van der Waals surface area contributed by atoms with Crippen LogP contribution in [0.4, 0.5) is 0 Å². The highest BCUT2D eigenvalue weighted by atomic mass is 16.5. The second kappa shape index (κ2) is 7.51. The topological polar surface area (TPSA) is 71.4 Å². The molecular formula is C17H20N2O3. The van der Waals surface area contributed by atoms with Gasteiger partial charge >= 0.3 is 0 Å². The maximum absolute atomic E-state index is 12.5. The lowest BCUT2D eigenvalue weighted by Gasteiger charge is -2.21. The normalized spacial score (nSPS) is 15.5. The molecular weight excluding hydrogens is 280 g/mol. The number of carbonyl (C=O) groups is 1. The standard InChI is InChI=1S/C17H20N2O3/c1-3-15-13(8-6-10-22-15)17(20)19-14(11-18)12-7-4-5-9-16(12)21-2/h4-5,7,9,14H,3,6,8,10H2,1-2H3,(H,19,20). The average molecular weight is 300 g/mol. The lowest BCUT2D eigenvalue weighted by atomic mass is 10.0. The molecule has 0 fully saturated rings. The van der Waals surface area contributed by atoms with E-state index in [0.717, 1.165) is 12.2 Å². The summed E-state index contributed by atoms with van der Waals surface area (Å²) in [6.07, 6.45) is 2.17. The van der Waals surface area contributed by atoms with Crippen LogP contribution in [0.3, 0.4) is 0 Å². The molecule has 1 unspecified atom stereocenters. The van der Waals surface area contributed by atoms with Crippen LogP contribution in [0.2, 0.25) is 0 Å². The van der Waals surface area contributed by atoms with E-state index in [1.807, 2.05) is 19.1 Å². The second-order valence-corrected chi connectivity index (χ2v) is 4.98. The number of carbonyl (C=O) groups excluding carboxylic acids is 1. The molecule has 0 saturated carbocycles. The maximum Gasteiger partial charge on any atom is 0.251 e. The number of para-hydroxylation sites is 1. The Balaban J connectivity index is 2.22. The van der Waals surface area contributed by atoms with Crippen molar-refractivity contribution in [3.63, 3.8) is 0 Å². The van der Waals surface area contributed by atoms with Gasteiger partial charge in [-0.3, -0.25) is 4.79 Å². The Morgan fingerprint density at radius 3 is 2.95 bits per heavy atom. The van der Waals surface area contributed by atoms with Crippen LogP contribution < -0.4 is 10.1 Å². The monoisotopic (exact) mass is 300 g/mol. The number of allylic oxidation sites excluding steroid dienone is 1. The minimum absolute atomic E-state index is 0.242. The summed E-state index contributed by atoms with van der Waals surface area (Å²) in [5.41, 5.74) is 1.29. The van der Waals surface area contributed by atoms with E-state index in [1.165, 1.54) is 0 Å². The smallest absolute Gasteiger partial charge is 0.251 e. The minimum atomic E-state index is -0.754. The number of nitrogens with one attached hydrogen (secondary N) is 1. The Morgan fingerprint density at radius 1 is 1.50 bits per heavy atom. The summed E-state index contributed by atoms with van der Waals surface area (Å²) in [6.45, 7) is 2.60. The highest BCUT2D eigenvalue weighted by Gasteiger charge is 2.23. The largest absolute Gasteiger partial charge is 0.497 e. The van der Waals surface area contributed by atoms with Crippen molar-refractivity contribution in [2.45, 2.75) is 32.2 Å². The third-order valence-corrected chi connectivity index (χ3v) is 3.63. The van der Waals surface area contributed by atoms with Crippen LogP contribution in [0.15, 0.2) is 35.6 Å². The summed E-state index contributed by atoms with van der Waals surface area (Å²) in [7, 11) is 1.54. The Morgan fingerprint density at radius 2 is 2.27 bits per heavy atom. The molecule has 0 saturated heterocycles. The van der Waals surface area contributed by atoms with Gasteiger partial charge < -0.3 is 14.8 Å². The lowest BCUT2D eigenvalue weighted by Crippen LogP contribution is -2.31. The van der Waals surface area contributed by atoms with Crippen molar-refractivity contribution < 1.29 is 14.3 Å². The summed E-state index contributed by atoms with van der Waals surface area (Å²) in [6, 6.07) is 8.55. The van der Waals surface area contributed by atoms with E-state index >= 15 is 0 Å². The zero-order valence-electron chi connectivity index (χ0n) is 12.9. The molecule has 1 N–H and O–H groups in total. The molecule has 5 heteroatoms. The third kappa shape index (κ3) is 3.40. The lowest BCUT2D eigenvalue weighted by molar-refractivity contribution is -0.118. The summed E-state index contributed by atoms with van der Waals surface area (Å²) >= 11 is 0. The molecule has 116 valence electrons. The van der Waals surface area contributed by atoms with E-state index in [0.29, 0.717) is 36.3 Å². The molecule has 1 aromatic rings. The van der Waals surface area contributed by atoms with E-state index < -0.39 is 6.04 Å². The Bertz CT molecular complexity index is 617. The minimum Gasteiger partial charge on any atom is -0.497 e. The van der Waals surface area contributed by atoms with Gasteiger partial charge in [-0.25, -0.2) is 0 Å². The Hall–Kier alpha value is -2.48. The number of amides is 1. The molecule has 0 radical (unpaired) electrons. The number of nitriles is 1. The molecule has 0 bridgehead atoms. The number of ether oxygens (including phenoxy) is 2. The van der Waals surface area contributed by atoms with Crippen molar-refractivity contribution in [1.29, 1.82) is 5.26 Å². The van der Waals surface area contributed by atoms with Gasteiger partial charge in [0.1, 0.15) is 17.6 Å². The van der Waals surface area contributed by atoms with Gasteiger partial charge in [-0.05, 0) is 18.9 Å². The molecule has 1 aliphatic rings. The summed E-state index contributed by atoms with van der Waals surface area (Å²) in [5, 5.41) is 12.2. The second-order valence-electron chi connectivity index (χ2n) is 4.98. The molecule has 0 aromatic heterocycles. The predicted molar refractivity (Wildman–Crippen MR) is 82.0 cm³/mol. The van der Waals surface area contributed by atoms with Gasteiger partial charge in [-0.2, -0.15) is 5.26 Å². The number of rotatable bonds is 5. The van der Waals surface area contributed by atoms with Gasteiger partial charge in [0.2, 0.25) is 0 Å². The molecule has 1 aliphatic heterocycles. The first-order valence-electron chi connectivity index (χ1n) is 7.39. The van der Waals surface area contributed by atoms with Gasteiger partial charge in [-0.15, -0.1) is 0 Å². The SMILES string of the molecule is CCC1=C(C(=O)NC(C#N)c2ccccc2OC)CCCO1. The summed E-state index contributed by atoms with van der Waals surface area (Å²) in [4.78, 5) is 12.5. The molecule has 2 rings (SSSR count). The average Bonchev–Trinajstić information content (AvgIpc) is 2.59. The number of nitrogens with zero attached hydrogens (tertiary/aromatic N) is 1. The van der Waals surface area contributed by atoms with E-state index in [-0.39, 0.29) is 5.91 Å².